The number of rotatable bonds is 8. The maximum absolute atomic E-state index is 13.0. The van der Waals surface area contributed by atoms with Crippen molar-refractivity contribution < 1.29 is 13.9 Å². The molecule has 6 nitrogen and oxygen atoms in total. The third-order valence-corrected chi connectivity index (χ3v) is 5.27. The molecule has 1 amide bonds. The molecule has 0 aliphatic carbocycles. The number of hydrogen-bond donors (Lipinski definition) is 1. The van der Waals surface area contributed by atoms with Crippen molar-refractivity contribution in [1.82, 2.24) is 20.1 Å². The fourth-order valence-corrected chi connectivity index (χ4v) is 3.41. The number of thioether (sulfide) groups is 1. The Morgan fingerprint density at radius 3 is 2.46 bits per heavy atom. The van der Waals surface area contributed by atoms with Gasteiger partial charge < -0.3 is 14.6 Å². The van der Waals surface area contributed by atoms with Gasteiger partial charge in [-0.2, -0.15) is 0 Å². The number of hydrogen-bond acceptors (Lipinski definition) is 5. The molecule has 0 spiro atoms. The summed E-state index contributed by atoms with van der Waals surface area (Å²) in [5.41, 5.74) is 1.91. The predicted octanol–water partition coefficient (Wildman–Crippen LogP) is 3.11. The smallest absolute Gasteiger partial charge is 0.224 e. The van der Waals surface area contributed by atoms with Crippen molar-refractivity contribution in [2.75, 3.05) is 7.11 Å². The topological polar surface area (TPSA) is 69.0 Å². The highest BCUT2D eigenvalue weighted by Crippen LogP contribution is 2.21. The zero-order chi connectivity index (χ0) is 19.9. The van der Waals surface area contributed by atoms with Crippen LogP contribution in [0.2, 0.25) is 0 Å². The van der Waals surface area contributed by atoms with Gasteiger partial charge in [0.1, 0.15) is 11.6 Å². The van der Waals surface area contributed by atoms with Crippen LogP contribution in [-0.4, -0.2) is 27.8 Å². The Balaban J connectivity index is 1.50. The summed E-state index contributed by atoms with van der Waals surface area (Å²) >= 11 is 1.51. The van der Waals surface area contributed by atoms with Crippen LogP contribution in [0.4, 0.5) is 4.39 Å². The highest BCUT2D eigenvalue weighted by molar-refractivity contribution is 7.98. The molecule has 8 heteroatoms. The number of nitrogens with one attached hydrogen (secondary N) is 1. The van der Waals surface area contributed by atoms with Gasteiger partial charge in [0.2, 0.25) is 5.91 Å². The zero-order valence-electron chi connectivity index (χ0n) is 15.7. The quantitative estimate of drug-likeness (QED) is 0.589. The largest absolute Gasteiger partial charge is 0.497 e. The van der Waals surface area contributed by atoms with Crippen molar-refractivity contribution in [1.29, 1.82) is 0 Å². The Morgan fingerprint density at radius 1 is 1.11 bits per heavy atom. The molecule has 3 aromatic rings. The molecule has 1 heterocycles. The first kappa shape index (κ1) is 19.9. The highest BCUT2D eigenvalue weighted by atomic mass is 32.2. The van der Waals surface area contributed by atoms with Gasteiger partial charge >= 0.3 is 0 Å². The lowest BCUT2D eigenvalue weighted by Gasteiger charge is -2.07. The van der Waals surface area contributed by atoms with E-state index in [9.17, 15) is 9.18 Å². The Kier molecular flexibility index (Phi) is 6.65. The minimum Gasteiger partial charge on any atom is -0.497 e. The lowest BCUT2D eigenvalue weighted by atomic mass is 10.1. The van der Waals surface area contributed by atoms with E-state index in [1.54, 1.807) is 19.2 Å². The average Bonchev–Trinajstić information content (AvgIpc) is 3.06. The van der Waals surface area contributed by atoms with E-state index in [1.165, 1.54) is 23.9 Å². The van der Waals surface area contributed by atoms with E-state index in [0.29, 0.717) is 18.1 Å². The van der Waals surface area contributed by atoms with E-state index in [4.69, 9.17) is 4.74 Å². The Bertz CT molecular complexity index is 926. The van der Waals surface area contributed by atoms with Crippen molar-refractivity contribution in [2.24, 2.45) is 7.05 Å². The second-order valence-electron chi connectivity index (χ2n) is 6.17. The van der Waals surface area contributed by atoms with Gasteiger partial charge in [0.25, 0.3) is 0 Å². The fourth-order valence-electron chi connectivity index (χ4n) is 2.52. The molecule has 2 aromatic carbocycles. The molecule has 0 aliphatic rings. The number of amides is 1. The van der Waals surface area contributed by atoms with Gasteiger partial charge in [-0.25, -0.2) is 4.39 Å². The number of carbonyl (C=O) groups excluding carboxylic acids is 1. The van der Waals surface area contributed by atoms with Crippen LogP contribution < -0.4 is 10.1 Å². The van der Waals surface area contributed by atoms with E-state index < -0.39 is 0 Å². The minimum atomic E-state index is -0.250. The summed E-state index contributed by atoms with van der Waals surface area (Å²) in [7, 11) is 3.47. The molecular weight excluding hydrogens is 379 g/mol. The summed E-state index contributed by atoms with van der Waals surface area (Å²) in [5, 5.41) is 11.9. The zero-order valence-corrected chi connectivity index (χ0v) is 16.5. The van der Waals surface area contributed by atoms with E-state index in [0.717, 1.165) is 22.0 Å². The van der Waals surface area contributed by atoms with Gasteiger partial charge in [0.05, 0.1) is 20.1 Å². The molecule has 0 aliphatic heterocycles. The predicted molar refractivity (Wildman–Crippen MR) is 106 cm³/mol. The summed E-state index contributed by atoms with van der Waals surface area (Å²) in [6.07, 6.45) is 0.286. The summed E-state index contributed by atoms with van der Waals surface area (Å²) < 4.78 is 19.9. The van der Waals surface area contributed by atoms with Crippen LogP contribution in [-0.2, 0) is 30.6 Å². The van der Waals surface area contributed by atoms with E-state index in [2.05, 4.69) is 15.5 Å². The number of carbonyl (C=O) groups is 1. The first-order chi connectivity index (χ1) is 13.5. The molecular formula is C20H21FN4O2S. The maximum atomic E-state index is 13.0. The van der Waals surface area contributed by atoms with Crippen molar-refractivity contribution >= 4 is 17.7 Å². The van der Waals surface area contributed by atoms with Crippen LogP contribution in [0.15, 0.2) is 53.7 Å². The number of nitrogens with zero attached hydrogens (tertiary/aromatic N) is 3. The molecule has 146 valence electrons. The van der Waals surface area contributed by atoms with Crippen LogP contribution in [0.1, 0.15) is 17.0 Å². The first-order valence-corrected chi connectivity index (χ1v) is 9.69. The van der Waals surface area contributed by atoms with Gasteiger partial charge in [0.15, 0.2) is 11.0 Å². The molecule has 3 rings (SSSR count). The van der Waals surface area contributed by atoms with Crippen LogP contribution in [0.5, 0.6) is 5.75 Å². The lowest BCUT2D eigenvalue weighted by Crippen LogP contribution is -2.26. The van der Waals surface area contributed by atoms with Gasteiger partial charge in [-0.15, -0.1) is 10.2 Å². The second kappa shape index (κ2) is 9.36. The SMILES string of the molecule is COc1ccc(CC(=O)NCc2nnc(SCc3ccc(F)cc3)n2C)cc1. The number of methoxy groups -OCH3 is 1. The normalized spacial score (nSPS) is 10.7. The Morgan fingerprint density at radius 2 is 1.79 bits per heavy atom. The Labute approximate surface area is 167 Å². The third-order valence-electron chi connectivity index (χ3n) is 4.17. The fraction of sp³-hybridized carbons (Fsp3) is 0.250. The van der Waals surface area contributed by atoms with Crippen LogP contribution in [0.3, 0.4) is 0 Å². The molecule has 0 saturated heterocycles. The number of ether oxygens (including phenoxy) is 1. The number of halogens is 1. The average molecular weight is 400 g/mol. The molecule has 0 radical (unpaired) electrons. The summed E-state index contributed by atoms with van der Waals surface area (Å²) in [6, 6.07) is 13.8. The lowest BCUT2D eigenvalue weighted by molar-refractivity contribution is -0.120. The molecule has 0 saturated carbocycles. The van der Waals surface area contributed by atoms with Gasteiger partial charge in [-0.05, 0) is 35.4 Å². The van der Waals surface area contributed by atoms with Gasteiger partial charge in [-0.1, -0.05) is 36.0 Å². The minimum absolute atomic E-state index is 0.0892. The molecule has 0 unspecified atom stereocenters. The Hall–Kier alpha value is -2.87. The standard InChI is InChI=1S/C20H21FN4O2S/c1-25-18(12-22-19(26)11-14-5-9-17(27-2)10-6-14)23-24-20(25)28-13-15-3-7-16(21)8-4-15/h3-10H,11-13H2,1-2H3,(H,22,26). The molecule has 1 aromatic heterocycles. The van der Waals surface area contributed by atoms with Gasteiger partial charge in [-0.3, -0.25) is 4.79 Å². The molecule has 0 atom stereocenters. The van der Waals surface area contributed by atoms with Crippen LogP contribution in [0, 0.1) is 5.82 Å². The van der Waals surface area contributed by atoms with Crippen LogP contribution >= 0.6 is 11.8 Å². The number of benzene rings is 2. The summed E-state index contributed by atoms with van der Waals surface area (Å²) in [5.74, 6) is 1.75. The van der Waals surface area contributed by atoms with Crippen LogP contribution in [0.25, 0.3) is 0 Å². The third kappa shape index (κ3) is 5.32. The maximum Gasteiger partial charge on any atom is 0.224 e. The van der Waals surface area contributed by atoms with Gasteiger partial charge in [0, 0.05) is 12.8 Å². The van der Waals surface area contributed by atoms with E-state index in [-0.39, 0.29) is 18.1 Å². The van der Waals surface area contributed by atoms with E-state index >= 15 is 0 Å². The molecule has 0 fully saturated rings. The summed E-state index contributed by atoms with van der Waals surface area (Å²) in [4.78, 5) is 12.2. The second-order valence-corrected chi connectivity index (χ2v) is 7.12. The van der Waals surface area contributed by atoms with E-state index in [1.807, 2.05) is 35.9 Å². The molecule has 1 N–H and O–H groups in total. The van der Waals surface area contributed by atoms with Crippen molar-refractivity contribution in [3.05, 3.63) is 71.3 Å². The summed E-state index contributed by atoms with van der Waals surface area (Å²) in [6.45, 7) is 0.301. The highest BCUT2D eigenvalue weighted by Gasteiger charge is 2.11. The monoisotopic (exact) mass is 400 g/mol. The molecule has 0 bridgehead atoms. The first-order valence-electron chi connectivity index (χ1n) is 8.70. The van der Waals surface area contributed by atoms with Crippen molar-refractivity contribution in [3.8, 4) is 5.75 Å². The number of aromatic nitrogens is 3. The molecule has 28 heavy (non-hydrogen) atoms. The van der Waals surface area contributed by atoms with Crippen molar-refractivity contribution in [2.45, 2.75) is 23.9 Å². The van der Waals surface area contributed by atoms with Crippen molar-refractivity contribution in [3.63, 3.8) is 0 Å².